The predicted octanol–water partition coefficient (Wildman–Crippen LogP) is 11.9. The third kappa shape index (κ3) is 37.4. The minimum Gasteiger partial charge on any atom is -0.387 e. The van der Waals surface area contributed by atoms with Crippen molar-refractivity contribution >= 4 is 16.0 Å². The van der Waals surface area contributed by atoms with Crippen LogP contribution in [0.15, 0.2) is 48.6 Å². The standard InChI is InChI=1S/C42H77NO5S/c1-3-5-7-9-11-13-15-17-19-20-21-22-24-26-28-30-32-34-36-38-42(45)43-40(39-49(46,47)48)41(44)37-35-33-31-29-27-25-23-18-16-14-12-10-8-6-4-2/h11,13,17,19,21-22,35,37,40-41,44H,3-10,12,14-16,18,20,23-34,36,38-39H2,1-2H3,(H,43,45)(H,46,47,48)/b13-11-,19-17-,22-21-,37-35+. The van der Waals surface area contributed by atoms with E-state index < -0.39 is 28.0 Å². The highest BCUT2D eigenvalue weighted by molar-refractivity contribution is 7.85. The maximum Gasteiger partial charge on any atom is 0.267 e. The van der Waals surface area contributed by atoms with Crippen LogP contribution in [0.5, 0.6) is 0 Å². The number of rotatable bonds is 36. The second-order valence-corrected chi connectivity index (χ2v) is 15.4. The Hall–Kier alpha value is -1.70. The zero-order valence-corrected chi connectivity index (χ0v) is 32.6. The fourth-order valence-corrected chi connectivity index (χ4v) is 6.66. The van der Waals surface area contributed by atoms with Crippen LogP contribution in [0.25, 0.3) is 0 Å². The summed E-state index contributed by atoms with van der Waals surface area (Å²) in [6, 6.07) is -1.06. The predicted molar refractivity (Wildman–Crippen MR) is 212 cm³/mol. The third-order valence-electron chi connectivity index (χ3n) is 9.00. The first kappa shape index (κ1) is 47.3. The van der Waals surface area contributed by atoms with Gasteiger partial charge >= 0.3 is 0 Å². The van der Waals surface area contributed by atoms with Crippen LogP contribution >= 0.6 is 0 Å². The Morgan fingerprint density at radius 3 is 1.39 bits per heavy atom. The molecule has 7 heteroatoms. The molecule has 49 heavy (non-hydrogen) atoms. The maximum absolute atomic E-state index is 12.5. The molecule has 0 aliphatic heterocycles. The highest BCUT2D eigenvalue weighted by atomic mass is 32.2. The molecule has 0 aromatic carbocycles. The minimum atomic E-state index is -4.35. The van der Waals surface area contributed by atoms with Crippen molar-refractivity contribution in [1.29, 1.82) is 0 Å². The summed E-state index contributed by atoms with van der Waals surface area (Å²) in [4.78, 5) is 12.5. The molecular weight excluding hydrogens is 631 g/mol. The van der Waals surface area contributed by atoms with Crippen molar-refractivity contribution in [2.45, 2.75) is 206 Å². The summed E-state index contributed by atoms with van der Waals surface area (Å²) in [5.41, 5.74) is 0. The number of aliphatic hydroxyl groups is 1. The van der Waals surface area contributed by atoms with E-state index in [9.17, 15) is 22.9 Å². The smallest absolute Gasteiger partial charge is 0.267 e. The molecule has 6 nitrogen and oxygen atoms in total. The molecule has 2 unspecified atom stereocenters. The van der Waals surface area contributed by atoms with Crippen LogP contribution < -0.4 is 5.32 Å². The van der Waals surface area contributed by atoms with Crippen LogP contribution in [0.3, 0.4) is 0 Å². The lowest BCUT2D eigenvalue weighted by Gasteiger charge is -2.21. The van der Waals surface area contributed by atoms with Crippen molar-refractivity contribution in [1.82, 2.24) is 5.32 Å². The lowest BCUT2D eigenvalue weighted by Crippen LogP contribution is -2.46. The van der Waals surface area contributed by atoms with Crippen molar-refractivity contribution < 1.29 is 22.9 Å². The van der Waals surface area contributed by atoms with E-state index in [0.29, 0.717) is 0 Å². The van der Waals surface area contributed by atoms with Gasteiger partial charge < -0.3 is 10.4 Å². The molecule has 0 rings (SSSR count). The van der Waals surface area contributed by atoms with Gasteiger partial charge in [0.25, 0.3) is 10.1 Å². The SMILES string of the molecule is CCCCC/C=C\C/C=C\C/C=C\CCCCCCCCC(=O)NC(CS(=O)(=O)O)C(O)/C=C/CCCCCCCCCCCCCCC. The van der Waals surface area contributed by atoms with E-state index in [0.717, 1.165) is 64.2 Å². The number of unbranched alkanes of at least 4 members (excludes halogenated alkanes) is 22. The van der Waals surface area contributed by atoms with Gasteiger partial charge in [-0.3, -0.25) is 9.35 Å². The molecule has 0 aliphatic carbocycles. The van der Waals surface area contributed by atoms with Crippen LogP contribution in [0.1, 0.15) is 194 Å². The Kier molecular flexibility index (Phi) is 34.9. The first-order chi connectivity index (χ1) is 23.8. The quantitative estimate of drug-likeness (QED) is 0.0342. The van der Waals surface area contributed by atoms with Crippen LogP contribution in [-0.4, -0.2) is 41.9 Å². The van der Waals surface area contributed by atoms with E-state index in [1.165, 1.54) is 109 Å². The highest BCUT2D eigenvalue weighted by Crippen LogP contribution is 2.14. The van der Waals surface area contributed by atoms with Crippen molar-refractivity contribution in [3.63, 3.8) is 0 Å². The first-order valence-corrected chi connectivity index (χ1v) is 21.9. The Morgan fingerprint density at radius 1 is 0.551 bits per heavy atom. The molecule has 0 aromatic heterocycles. The number of allylic oxidation sites excluding steroid dienone is 7. The molecule has 286 valence electrons. The van der Waals surface area contributed by atoms with Gasteiger partial charge in [-0.15, -0.1) is 0 Å². The third-order valence-corrected chi connectivity index (χ3v) is 9.78. The van der Waals surface area contributed by atoms with Gasteiger partial charge in [-0.1, -0.05) is 178 Å². The molecule has 0 radical (unpaired) electrons. The molecule has 0 heterocycles. The molecule has 2 atom stereocenters. The lowest BCUT2D eigenvalue weighted by atomic mass is 10.0. The minimum absolute atomic E-state index is 0.280. The van der Waals surface area contributed by atoms with Crippen LogP contribution in [0, 0.1) is 0 Å². The average Bonchev–Trinajstić information content (AvgIpc) is 3.06. The summed E-state index contributed by atoms with van der Waals surface area (Å²) in [5.74, 6) is -0.996. The number of carbonyl (C=O) groups excluding carboxylic acids is 1. The number of hydrogen-bond acceptors (Lipinski definition) is 4. The van der Waals surface area contributed by atoms with E-state index >= 15 is 0 Å². The molecule has 0 saturated heterocycles. The Labute approximate surface area is 303 Å². The van der Waals surface area contributed by atoms with Crippen LogP contribution in [0.2, 0.25) is 0 Å². The lowest BCUT2D eigenvalue weighted by molar-refractivity contribution is -0.122. The summed E-state index contributed by atoms with van der Waals surface area (Å²) in [6.45, 7) is 4.49. The number of amides is 1. The molecule has 0 spiro atoms. The largest absolute Gasteiger partial charge is 0.387 e. The van der Waals surface area contributed by atoms with Crippen molar-refractivity contribution in [3.8, 4) is 0 Å². The van der Waals surface area contributed by atoms with E-state index in [4.69, 9.17) is 0 Å². The monoisotopic (exact) mass is 708 g/mol. The Balaban J connectivity index is 3.97. The van der Waals surface area contributed by atoms with Gasteiger partial charge in [0.05, 0.1) is 17.9 Å². The highest BCUT2D eigenvalue weighted by Gasteiger charge is 2.24. The van der Waals surface area contributed by atoms with Crippen molar-refractivity contribution in [3.05, 3.63) is 48.6 Å². The van der Waals surface area contributed by atoms with E-state index in [-0.39, 0.29) is 12.3 Å². The average molecular weight is 708 g/mol. The van der Waals surface area contributed by atoms with E-state index in [1.54, 1.807) is 6.08 Å². The summed E-state index contributed by atoms with van der Waals surface area (Å²) < 4.78 is 32.5. The molecule has 0 fully saturated rings. The van der Waals surface area contributed by atoms with E-state index in [2.05, 4.69) is 55.6 Å². The molecular formula is C42H77NO5S. The summed E-state index contributed by atoms with van der Waals surface area (Å²) in [7, 11) is -4.35. The van der Waals surface area contributed by atoms with Gasteiger partial charge in [0.2, 0.25) is 5.91 Å². The summed E-state index contributed by atoms with van der Waals surface area (Å²) >= 11 is 0. The number of hydrogen-bond donors (Lipinski definition) is 3. The van der Waals surface area contributed by atoms with Gasteiger partial charge in [0.1, 0.15) is 0 Å². The fourth-order valence-electron chi connectivity index (χ4n) is 5.93. The van der Waals surface area contributed by atoms with Gasteiger partial charge in [-0.05, 0) is 57.8 Å². The number of nitrogens with one attached hydrogen (secondary N) is 1. The Bertz CT molecular complexity index is 956. The molecule has 0 aliphatic rings. The van der Waals surface area contributed by atoms with Crippen LogP contribution in [-0.2, 0) is 14.9 Å². The second kappa shape index (κ2) is 36.1. The molecule has 3 N–H and O–H groups in total. The van der Waals surface area contributed by atoms with Gasteiger partial charge in [-0.25, -0.2) is 0 Å². The first-order valence-electron chi connectivity index (χ1n) is 20.3. The molecule has 0 aromatic rings. The summed E-state index contributed by atoms with van der Waals surface area (Å²) in [6.07, 6.45) is 48.0. The van der Waals surface area contributed by atoms with E-state index in [1.807, 2.05) is 6.08 Å². The zero-order chi connectivity index (χ0) is 36.1. The van der Waals surface area contributed by atoms with Gasteiger partial charge in [0.15, 0.2) is 0 Å². The zero-order valence-electron chi connectivity index (χ0n) is 31.8. The molecule has 0 saturated carbocycles. The normalized spacial score (nSPS) is 13.8. The van der Waals surface area contributed by atoms with Gasteiger partial charge in [0, 0.05) is 6.42 Å². The topological polar surface area (TPSA) is 104 Å². The number of carbonyl (C=O) groups is 1. The fraction of sp³-hybridized carbons (Fsp3) is 0.786. The molecule has 1 amide bonds. The number of aliphatic hydroxyl groups excluding tert-OH is 1. The maximum atomic E-state index is 12.5. The second-order valence-electron chi connectivity index (χ2n) is 13.9. The molecule has 0 bridgehead atoms. The van der Waals surface area contributed by atoms with Crippen molar-refractivity contribution in [2.75, 3.05) is 5.75 Å². The van der Waals surface area contributed by atoms with Gasteiger partial charge in [-0.2, -0.15) is 8.42 Å². The van der Waals surface area contributed by atoms with Crippen molar-refractivity contribution in [2.24, 2.45) is 0 Å². The van der Waals surface area contributed by atoms with Crippen LogP contribution in [0.4, 0.5) is 0 Å². The Morgan fingerprint density at radius 2 is 0.918 bits per heavy atom. The summed E-state index contributed by atoms with van der Waals surface area (Å²) in [5, 5.41) is 13.2.